The Bertz CT molecular complexity index is 740. The maximum Gasteiger partial charge on any atom is 0.433 e. The molecule has 0 fully saturated rings. The highest BCUT2D eigenvalue weighted by Crippen LogP contribution is 2.29. The van der Waals surface area contributed by atoms with Crippen molar-refractivity contribution < 1.29 is 14.1 Å². The number of amides is 1. The van der Waals surface area contributed by atoms with Crippen LogP contribution in [0.3, 0.4) is 0 Å². The fraction of sp³-hybridized carbons (Fsp3) is 0.214. The van der Waals surface area contributed by atoms with Crippen molar-refractivity contribution in [2.24, 2.45) is 0 Å². The molecule has 2 aromatic rings. The number of carbonyl (C=O) groups excluding carboxylic acids is 1. The molecule has 0 saturated heterocycles. The smallest absolute Gasteiger partial charge is 0.395 e. The van der Waals surface area contributed by atoms with Gasteiger partial charge in [0.15, 0.2) is 5.76 Å². The Labute approximate surface area is 136 Å². The van der Waals surface area contributed by atoms with Gasteiger partial charge >= 0.3 is 5.88 Å². The van der Waals surface area contributed by atoms with E-state index in [2.05, 4.69) is 5.32 Å². The first-order valence-electron chi connectivity index (χ1n) is 6.23. The highest BCUT2D eigenvalue weighted by atomic mass is 35.5. The summed E-state index contributed by atoms with van der Waals surface area (Å²) in [7, 11) is 0. The first kappa shape index (κ1) is 16.3. The van der Waals surface area contributed by atoms with Gasteiger partial charge in [0.2, 0.25) is 0 Å². The number of halogens is 2. The zero-order valence-corrected chi connectivity index (χ0v) is 13.2. The zero-order valence-electron chi connectivity index (χ0n) is 11.7. The summed E-state index contributed by atoms with van der Waals surface area (Å²) in [6, 6.07) is 7.39. The van der Waals surface area contributed by atoms with Crippen molar-refractivity contribution in [2.75, 3.05) is 0 Å². The van der Waals surface area contributed by atoms with Crippen LogP contribution in [0.25, 0.3) is 0 Å². The molecule has 0 atom stereocenters. The number of rotatable bonds is 4. The van der Waals surface area contributed by atoms with Gasteiger partial charge in [0.05, 0.1) is 21.7 Å². The Morgan fingerprint density at radius 1 is 1.23 bits per heavy atom. The summed E-state index contributed by atoms with van der Waals surface area (Å²) in [5.41, 5.74) is -0.0383. The number of nitro groups is 1. The Morgan fingerprint density at radius 3 is 2.45 bits per heavy atom. The van der Waals surface area contributed by atoms with Gasteiger partial charge in [-0.25, -0.2) is 0 Å². The van der Waals surface area contributed by atoms with Gasteiger partial charge in [-0.3, -0.25) is 14.9 Å². The van der Waals surface area contributed by atoms with Gasteiger partial charge in [0.1, 0.15) is 4.92 Å². The van der Waals surface area contributed by atoms with Gasteiger partial charge in [0, 0.05) is 0 Å². The van der Waals surface area contributed by atoms with E-state index in [0.717, 1.165) is 11.6 Å². The third-order valence-corrected chi connectivity index (χ3v) is 3.80. The first-order chi connectivity index (χ1) is 10.2. The highest BCUT2D eigenvalue weighted by molar-refractivity contribution is 6.42. The summed E-state index contributed by atoms with van der Waals surface area (Å²) in [6.45, 7) is 3.53. The number of carbonyl (C=O) groups is 1. The largest absolute Gasteiger partial charge is 0.433 e. The van der Waals surface area contributed by atoms with E-state index in [9.17, 15) is 14.9 Å². The van der Waals surface area contributed by atoms with Crippen molar-refractivity contribution in [1.82, 2.24) is 5.32 Å². The van der Waals surface area contributed by atoms with Crippen molar-refractivity contribution in [1.29, 1.82) is 0 Å². The van der Waals surface area contributed by atoms with E-state index >= 15 is 0 Å². The van der Waals surface area contributed by atoms with E-state index in [1.807, 2.05) is 0 Å². The molecule has 22 heavy (non-hydrogen) atoms. The fourth-order valence-electron chi connectivity index (χ4n) is 1.85. The summed E-state index contributed by atoms with van der Waals surface area (Å²) in [4.78, 5) is 22.0. The van der Waals surface area contributed by atoms with Crippen molar-refractivity contribution in [2.45, 2.75) is 19.4 Å². The lowest BCUT2D eigenvalue weighted by atomic mass is 9.94. The summed E-state index contributed by atoms with van der Waals surface area (Å²) in [5, 5.41) is 14.1. The van der Waals surface area contributed by atoms with Gasteiger partial charge in [-0.15, -0.1) is 0 Å². The first-order valence-corrected chi connectivity index (χ1v) is 6.98. The lowest BCUT2D eigenvalue weighted by molar-refractivity contribution is -0.402. The molecule has 0 unspecified atom stereocenters. The minimum Gasteiger partial charge on any atom is -0.395 e. The molecule has 0 aliphatic heterocycles. The van der Waals surface area contributed by atoms with Crippen LogP contribution < -0.4 is 5.32 Å². The second kappa shape index (κ2) is 5.98. The number of hydrogen-bond acceptors (Lipinski definition) is 4. The third-order valence-electron chi connectivity index (χ3n) is 3.06. The predicted octanol–water partition coefficient (Wildman–Crippen LogP) is 4.16. The lowest BCUT2D eigenvalue weighted by Crippen LogP contribution is -2.40. The monoisotopic (exact) mass is 342 g/mol. The number of furan rings is 1. The molecule has 2 rings (SSSR count). The van der Waals surface area contributed by atoms with Gasteiger partial charge in [-0.1, -0.05) is 29.3 Å². The molecule has 6 nitrogen and oxygen atoms in total. The lowest BCUT2D eigenvalue weighted by Gasteiger charge is -2.26. The molecule has 1 N–H and O–H groups in total. The Balaban J connectivity index is 2.21. The highest BCUT2D eigenvalue weighted by Gasteiger charge is 2.26. The maximum atomic E-state index is 12.1. The zero-order chi connectivity index (χ0) is 16.5. The molecular weight excluding hydrogens is 331 g/mol. The predicted molar refractivity (Wildman–Crippen MR) is 82.3 cm³/mol. The molecular formula is C14H12Cl2N2O4. The van der Waals surface area contributed by atoms with E-state index < -0.39 is 22.3 Å². The number of nitrogens with one attached hydrogen (secondary N) is 1. The molecule has 0 saturated carbocycles. The Morgan fingerprint density at radius 2 is 1.91 bits per heavy atom. The maximum absolute atomic E-state index is 12.1. The molecule has 116 valence electrons. The summed E-state index contributed by atoms with van der Waals surface area (Å²) in [6.07, 6.45) is 0. The second-order valence-electron chi connectivity index (χ2n) is 5.10. The van der Waals surface area contributed by atoms with Crippen LogP contribution in [-0.4, -0.2) is 10.8 Å². The average Bonchev–Trinajstić information content (AvgIpc) is 2.91. The summed E-state index contributed by atoms with van der Waals surface area (Å²) < 4.78 is 4.87. The SMILES string of the molecule is CC(C)(NC(=O)c1ccc([N+](=O)[O-])o1)c1ccc(Cl)c(Cl)c1. The number of benzene rings is 1. The van der Waals surface area contributed by atoms with Crippen LogP contribution in [0.4, 0.5) is 5.88 Å². The molecule has 0 bridgehead atoms. The van der Waals surface area contributed by atoms with Crippen LogP contribution >= 0.6 is 23.2 Å². The number of hydrogen-bond donors (Lipinski definition) is 1. The fourth-order valence-corrected chi connectivity index (χ4v) is 2.15. The van der Waals surface area contributed by atoms with E-state index in [4.69, 9.17) is 27.6 Å². The minimum atomic E-state index is -0.771. The van der Waals surface area contributed by atoms with E-state index in [-0.39, 0.29) is 5.76 Å². The summed E-state index contributed by atoms with van der Waals surface area (Å²) in [5.74, 6) is -1.19. The normalized spacial score (nSPS) is 11.3. The van der Waals surface area contributed by atoms with Gasteiger partial charge < -0.3 is 9.73 Å². The van der Waals surface area contributed by atoms with Crippen LogP contribution in [0, 0.1) is 10.1 Å². The van der Waals surface area contributed by atoms with Crippen molar-refractivity contribution >= 4 is 35.0 Å². The van der Waals surface area contributed by atoms with Crippen molar-refractivity contribution in [3.63, 3.8) is 0 Å². The molecule has 0 radical (unpaired) electrons. The Hall–Kier alpha value is -2.05. The Kier molecular flexibility index (Phi) is 4.44. The minimum absolute atomic E-state index is 0.139. The van der Waals surface area contributed by atoms with Crippen LogP contribution in [0.15, 0.2) is 34.7 Å². The molecule has 0 aliphatic rings. The third kappa shape index (κ3) is 3.40. The van der Waals surface area contributed by atoms with E-state index in [1.165, 1.54) is 6.07 Å². The molecule has 1 aromatic carbocycles. The van der Waals surface area contributed by atoms with Crippen LogP contribution in [0.5, 0.6) is 0 Å². The van der Waals surface area contributed by atoms with Gasteiger partial charge in [-0.05, 0) is 37.6 Å². The van der Waals surface area contributed by atoms with Crippen LogP contribution in [0.2, 0.25) is 10.0 Å². The van der Waals surface area contributed by atoms with Crippen LogP contribution in [-0.2, 0) is 5.54 Å². The van der Waals surface area contributed by atoms with E-state index in [0.29, 0.717) is 10.0 Å². The van der Waals surface area contributed by atoms with Gasteiger partial charge in [-0.2, -0.15) is 0 Å². The molecule has 1 amide bonds. The average molecular weight is 343 g/mol. The van der Waals surface area contributed by atoms with Crippen molar-refractivity contribution in [3.8, 4) is 0 Å². The standard InChI is InChI=1S/C14H12Cl2N2O4/c1-14(2,8-3-4-9(15)10(16)7-8)17-13(19)11-5-6-12(22-11)18(20)21/h3-7H,1-2H3,(H,17,19). The van der Waals surface area contributed by atoms with Crippen molar-refractivity contribution in [3.05, 3.63) is 61.8 Å². The van der Waals surface area contributed by atoms with E-state index in [1.54, 1.807) is 32.0 Å². The molecule has 0 spiro atoms. The van der Waals surface area contributed by atoms with Crippen LogP contribution in [0.1, 0.15) is 30.0 Å². The quantitative estimate of drug-likeness (QED) is 0.667. The second-order valence-corrected chi connectivity index (χ2v) is 5.92. The molecule has 0 aliphatic carbocycles. The summed E-state index contributed by atoms with van der Waals surface area (Å²) >= 11 is 11.8. The molecule has 1 heterocycles. The van der Waals surface area contributed by atoms with Gasteiger partial charge in [0.25, 0.3) is 5.91 Å². The number of nitrogens with zero attached hydrogens (tertiary/aromatic N) is 1. The molecule has 1 aromatic heterocycles. The molecule has 8 heteroatoms. The topological polar surface area (TPSA) is 85.4 Å².